The minimum atomic E-state index is -1.05. The molecule has 2 amide bonds. The smallest absolute Gasteiger partial charge is 0.282 e. The zero-order valence-electron chi connectivity index (χ0n) is 18.5. The predicted octanol–water partition coefficient (Wildman–Crippen LogP) is 4.39. The molecule has 3 aromatic carbocycles. The summed E-state index contributed by atoms with van der Waals surface area (Å²) in [4.78, 5) is 27.6. The first kappa shape index (κ1) is 22.8. The average Bonchev–Trinajstić information content (AvgIpc) is 3.08. The molecule has 174 valence electrons. The number of rotatable bonds is 7. The van der Waals surface area contributed by atoms with Gasteiger partial charge in [-0.3, -0.25) is 9.59 Å². The first-order valence-electron chi connectivity index (χ1n) is 10.1. The van der Waals surface area contributed by atoms with Gasteiger partial charge in [-0.1, -0.05) is 18.2 Å². The van der Waals surface area contributed by atoms with Crippen molar-refractivity contribution < 1.29 is 32.6 Å². The van der Waals surface area contributed by atoms with Crippen LogP contribution < -0.4 is 24.4 Å². The van der Waals surface area contributed by atoms with Crippen molar-refractivity contribution in [2.45, 2.75) is 0 Å². The molecule has 1 N–H and O–H groups in total. The topological polar surface area (TPSA) is 77.1 Å². The number of nitrogens with zero attached hydrogens (tertiary/aromatic N) is 1. The maximum Gasteiger partial charge on any atom is 0.282 e. The summed E-state index contributed by atoms with van der Waals surface area (Å²) in [6, 6.07) is 14.1. The Morgan fingerprint density at radius 1 is 0.765 bits per heavy atom. The lowest BCUT2D eigenvalue weighted by Crippen LogP contribution is -2.33. The van der Waals surface area contributed by atoms with E-state index in [2.05, 4.69) is 5.32 Å². The molecule has 1 aliphatic rings. The van der Waals surface area contributed by atoms with Crippen molar-refractivity contribution in [1.29, 1.82) is 0 Å². The first-order valence-corrected chi connectivity index (χ1v) is 10.1. The van der Waals surface area contributed by atoms with Crippen molar-refractivity contribution in [2.24, 2.45) is 0 Å². The molecule has 1 aliphatic heterocycles. The highest BCUT2D eigenvalue weighted by Crippen LogP contribution is 2.39. The van der Waals surface area contributed by atoms with Gasteiger partial charge in [-0.25, -0.2) is 13.7 Å². The number of hydrogen-bond donors (Lipinski definition) is 1. The van der Waals surface area contributed by atoms with Gasteiger partial charge in [-0.05, 0) is 30.3 Å². The molecule has 0 aromatic heterocycles. The fraction of sp³-hybridized carbons (Fsp3) is 0.120. The van der Waals surface area contributed by atoms with Crippen molar-refractivity contribution >= 4 is 28.8 Å². The molecule has 0 spiro atoms. The number of halogens is 2. The maximum atomic E-state index is 14.6. The lowest BCUT2D eigenvalue weighted by molar-refractivity contribution is -0.120. The molecule has 3 aromatic rings. The van der Waals surface area contributed by atoms with Crippen molar-refractivity contribution in [3.8, 4) is 17.2 Å². The minimum absolute atomic E-state index is 0.0269. The Kier molecular flexibility index (Phi) is 6.18. The number of para-hydroxylation sites is 1. The van der Waals surface area contributed by atoms with E-state index in [0.717, 1.165) is 12.1 Å². The summed E-state index contributed by atoms with van der Waals surface area (Å²) in [5, 5.41) is 2.96. The Morgan fingerprint density at radius 2 is 1.47 bits per heavy atom. The van der Waals surface area contributed by atoms with Gasteiger partial charge in [0.05, 0.1) is 32.6 Å². The summed E-state index contributed by atoms with van der Waals surface area (Å²) in [7, 11) is 4.38. The number of benzene rings is 3. The van der Waals surface area contributed by atoms with Crippen LogP contribution in [0.2, 0.25) is 0 Å². The average molecular weight is 466 g/mol. The Morgan fingerprint density at radius 3 is 2.15 bits per heavy atom. The van der Waals surface area contributed by atoms with E-state index < -0.39 is 23.4 Å². The summed E-state index contributed by atoms with van der Waals surface area (Å²) in [6.07, 6.45) is 0. The second kappa shape index (κ2) is 9.22. The van der Waals surface area contributed by atoms with E-state index in [4.69, 9.17) is 14.2 Å². The molecular weight excluding hydrogens is 446 g/mol. The van der Waals surface area contributed by atoms with Gasteiger partial charge in [-0.2, -0.15) is 0 Å². The number of carbonyl (C=O) groups is 2. The lowest BCUT2D eigenvalue weighted by Gasteiger charge is -2.16. The van der Waals surface area contributed by atoms with Crippen LogP contribution >= 0.6 is 0 Å². The number of carbonyl (C=O) groups excluding carboxylic acids is 2. The molecule has 1 heterocycles. The number of nitrogens with one attached hydrogen (secondary N) is 1. The fourth-order valence-electron chi connectivity index (χ4n) is 3.69. The Balaban J connectivity index is 1.87. The Hall–Kier alpha value is -4.40. The number of methoxy groups -OCH3 is 3. The van der Waals surface area contributed by atoms with Crippen molar-refractivity contribution in [1.82, 2.24) is 0 Å². The summed E-state index contributed by atoms with van der Waals surface area (Å²) in [5.74, 6) is -2.28. The van der Waals surface area contributed by atoms with Crippen molar-refractivity contribution in [2.75, 3.05) is 31.5 Å². The van der Waals surface area contributed by atoms with E-state index in [-0.39, 0.29) is 17.0 Å². The number of imide groups is 1. The third-order valence-corrected chi connectivity index (χ3v) is 5.26. The van der Waals surface area contributed by atoms with Gasteiger partial charge in [0.25, 0.3) is 11.8 Å². The maximum absolute atomic E-state index is 14.6. The zero-order chi connectivity index (χ0) is 24.4. The molecule has 0 atom stereocenters. The molecule has 9 heteroatoms. The zero-order valence-corrected chi connectivity index (χ0v) is 18.5. The van der Waals surface area contributed by atoms with Crippen molar-refractivity contribution in [3.05, 3.63) is 83.6 Å². The van der Waals surface area contributed by atoms with Crippen LogP contribution in [0.25, 0.3) is 5.57 Å². The Bertz CT molecular complexity index is 1320. The summed E-state index contributed by atoms with van der Waals surface area (Å²) in [6.45, 7) is 0. The molecule has 4 rings (SSSR count). The predicted molar refractivity (Wildman–Crippen MR) is 122 cm³/mol. The minimum Gasteiger partial charge on any atom is -0.496 e. The van der Waals surface area contributed by atoms with E-state index in [9.17, 15) is 18.4 Å². The molecule has 34 heavy (non-hydrogen) atoms. The van der Waals surface area contributed by atoms with Crippen LogP contribution in [0.4, 0.5) is 20.2 Å². The van der Waals surface area contributed by atoms with E-state index in [1.807, 2.05) is 0 Å². The van der Waals surface area contributed by atoms with E-state index in [1.165, 1.54) is 21.3 Å². The highest BCUT2D eigenvalue weighted by atomic mass is 19.1. The second-order valence-electron chi connectivity index (χ2n) is 7.19. The Labute approximate surface area is 194 Å². The van der Waals surface area contributed by atoms with Gasteiger partial charge in [0.1, 0.15) is 23.1 Å². The third kappa shape index (κ3) is 3.92. The quantitative estimate of drug-likeness (QED) is 0.521. The van der Waals surface area contributed by atoms with E-state index in [1.54, 1.807) is 42.5 Å². The van der Waals surface area contributed by atoms with Crippen LogP contribution in [-0.2, 0) is 9.59 Å². The van der Waals surface area contributed by atoms with Gasteiger partial charge in [0, 0.05) is 23.4 Å². The molecular formula is C25H20F2N2O5. The van der Waals surface area contributed by atoms with Crippen LogP contribution in [0.15, 0.2) is 66.4 Å². The molecule has 0 unspecified atom stereocenters. The highest BCUT2D eigenvalue weighted by molar-refractivity contribution is 6.46. The van der Waals surface area contributed by atoms with Gasteiger partial charge >= 0.3 is 0 Å². The number of amides is 2. The van der Waals surface area contributed by atoms with Gasteiger partial charge in [-0.15, -0.1) is 0 Å². The molecule has 0 radical (unpaired) electrons. The van der Waals surface area contributed by atoms with Crippen LogP contribution in [0, 0.1) is 11.6 Å². The largest absolute Gasteiger partial charge is 0.496 e. The monoisotopic (exact) mass is 466 g/mol. The molecule has 0 saturated heterocycles. The molecule has 7 nitrogen and oxygen atoms in total. The van der Waals surface area contributed by atoms with Gasteiger partial charge in [0.2, 0.25) is 0 Å². The van der Waals surface area contributed by atoms with Crippen molar-refractivity contribution in [3.63, 3.8) is 0 Å². The molecule has 0 saturated carbocycles. The first-order chi connectivity index (χ1) is 16.4. The van der Waals surface area contributed by atoms with Gasteiger partial charge in [0.15, 0.2) is 11.5 Å². The van der Waals surface area contributed by atoms with Crippen LogP contribution in [-0.4, -0.2) is 33.1 Å². The summed E-state index contributed by atoms with van der Waals surface area (Å²) < 4.78 is 44.0. The van der Waals surface area contributed by atoms with Crippen LogP contribution in [0.1, 0.15) is 5.56 Å². The standard InChI is InChI=1S/C25H20F2N2O5/c1-32-19-7-5-4-6-16(19)22-23(28-15-9-11-20(33-2)21(13-15)34-3)25(31)29(24(22)30)18-10-8-14(26)12-17(18)27/h4-13,28H,1-3H3. The number of anilines is 2. The van der Waals surface area contributed by atoms with Crippen LogP contribution in [0.5, 0.6) is 17.2 Å². The molecule has 0 bridgehead atoms. The number of hydrogen-bond acceptors (Lipinski definition) is 6. The van der Waals surface area contributed by atoms with E-state index in [0.29, 0.717) is 39.5 Å². The summed E-state index contributed by atoms with van der Waals surface area (Å²) >= 11 is 0. The highest BCUT2D eigenvalue weighted by Gasteiger charge is 2.42. The molecule has 0 aliphatic carbocycles. The third-order valence-electron chi connectivity index (χ3n) is 5.26. The molecule has 0 fully saturated rings. The second-order valence-corrected chi connectivity index (χ2v) is 7.19. The van der Waals surface area contributed by atoms with Crippen LogP contribution in [0.3, 0.4) is 0 Å². The normalized spacial score (nSPS) is 13.4. The SMILES string of the molecule is COc1ccc(NC2=C(c3ccccc3OC)C(=O)N(c3ccc(F)cc3F)C2=O)cc1OC. The summed E-state index contributed by atoms with van der Waals surface area (Å²) in [5.41, 5.74) is 0.248. The van der Waals surface area contributed by atoms with Gasteiger partial charge < -0.3 is 19.5 Å². The number of ether oxygens (including phenoxy) is 3. The van der Waals surface area contributed by atoms with E-state index >= 15 is 0 Å². The fourth-order valence-corrected chi connectivity index (χ4v) is 3.69. The lowest BCUT2D eigenvalue weighted by atomic mass is 10.0.